The van der Waals surface area contributed by atoms with Gasteiger partial charge in [0.05, 0.1) is 29.6 Å². The number of ether oxygens (including phenoxy) is 1. The molecule has 0 unspecified atom stereocenters. The van der Waals surface area contributed by atoms with E-state index in [0.29, 0.717) is 44.2 Å². The van der Waals surface area contributed by atoms with Crippen molar-refractivity contribution in [3.8, 4) is 39.4 Å². The predicted molar refractivity (Wildman–Crippen MR) is 125 cm³/mol. The highest BCUT2D eigenvalue weighted by Crippen LogP contribution is 2.44. The molecule has 0 radical (unpaired) electrons. The number of halogens is 4. The number of hydrogen-bond acceptors (Lipinski definition) is 4. The van der Waals surface area contributed by atoms with Crippen LogP contribution in [-0.2, 0) is 5.33 Å². The molecule has 156 valence electrons. The lowest BCUT2D eigenvalue weighted by Crippen LogP contribution is -2.01. The molecule has 4 rings (SSSR count). The standard InChI is InChI=1S/C23H15BrCl2FN3O/c1-31-15-10-17(25)22(28-12-15)20-19(14-8-6-13(11-24)7-9-14)21(29-30-23(20)26)16-4-2-3-5-18(16)27/h2-10,12H,11H2,1H3. The smallest absolute Gasteiger partial charge is 0.161 e. The van der Waals surface area contributed by atoms with Crippen LogP contribution in [-0.4, -0.2) is 22.3 Å². The monoisotopic (exact) mass is 517 g/mol. The lowest BCUT2D eigenvalue weighted by atomic mass is 9.93. The summed E-state index contributed by atoms with van der Waals surface area (Å²) in [4.78, 5) is 4.45. The Kier molecular flexibility index (Phi) is 6.51. The predicted octanol–water partition coefficient (Wildman–Crippen LogP) is 7.22. The summed E-state index contributed by atoms with van der Waals surface area (Å²) in [5, 5.41) is 9.49. The zero-order valence-corrected chi connectivity index (χ0v) is 19.3. The van der Waals surface area contributed by atoms with Gasteiger partial charge in [0.15, 0.2) is 5.15 Å². The van der Waals surface area contributed by atoms with Crippen LogP contribution in [0.25, 0.3) is 33.6 Å². The molecule has 0 saturated heterocycles. The third kappa shape index (κ3) is 4.28. The average molecular weight is 519 g/mol. The first-order valence-corrected chi connectivity index (χ1v) is 11.1. The second-order valence-corrected chi connectivity index (χ2v) is 7.93. The van der Waals surface area contributed by atoms with Crippen molar-refractivity contribution in [2.45, 2.75) is 5.33 Å². The SMILES string of the molecule is COc1cnc(-c2c(Cl)nnc(-c3ccccc3F)c2-c2ccc(CBr)cc2)c(Cl)c1. The van der Waals surface area contributed by atoms with Crippen molar-refractivity contribution >= 4 is 39.1 Å². The second-order valence-electron chi connectivity index (χ2n) is 6.61. The van der Waals surface area contributed by atoms with Gasteiger partial charge in [-0.05, 0) is 23.3 Å². The first-order valence-electron chi connectivity index (χ1n) is 9.19. The molecule has 0 aliphatic heterocycles. The molecule has 0 atom stereocenters. The zero-order valence-electron chi connectivity index (χ0n) is 16.2. The Hall–Kier alpha value is -2.54. The number of methoxy groups -OCH3 is 1. The first kappa shape index (κ1) is 21.7. The number of aromatic nitrogens is 3. The van der Waals surface area contributed by atoms with Crippen molar-refractivity contribution in [1.82, 2.24) is 15.2 Å². The van der Waals surface area contributed by atoms with Crippen LogP contribution in [0.5, 0.6) is 5.75 Å². The molecular weight excluding hydrogens is 504 g/mol. The first-order chi connectivity index (χ1) is 15.0. The molecule has 2 heterocycles. The van der Waals surface area contributed by atoms with E-state index in [0.717, 1.165) is 11.1 Å². The Morgan fingerprint density at radius 3 is 2.35 bits per heavy atom. The Morgan fingerprint density at radius 1 is 0.968 bits per heavy atom. The van der Waals surface area contributed by atoms with E-state index in [9.17, 15) is 4.39 Å². The van der Waals surface area contributed by atoms with Gasteiger partial charge in [-0.2, -0.15) is 0 Å². The van der Waals surface area contributed by atoms with E-state index < -0.39 is 5.82 Å². The number of benzene rings is 2. The van der Waals surface area contributed by atoms with Crippen LogP contribution in [0.1, 0.15) is 5.56 Å². The van der Waals surface area contributed by atoms with Crippen molar-refractivity contribution in [2.75, 3.05) is 7.11 Å². The van der Waals surface area contributed by atoms with Gasteiger partial charge < -0.3 is 4.74 Å². The largest absolute Gasteiger partial charge is 0.495 e. The Bertz CT molecular complexity index is 1250. The van der Waals surface area contributed by atoms with Crippen molar-refractivity contribution in [3.05, 3.63) is 82.4 Å². The summed E-state index contributed by atoms with van der Waals surface area (Å²) in [5.41, 5.74) is 3.98. The van der Waals surface area contributed by atoms with E-state index in [1.807, 2.05) is 24.3 Å². The number of alkyl halides is 1. The van der Waals surface area contributed by atoms with Crippen LogP contribution < -0.4 is 4.74 Å². The Balaban J connectivity index is 2.06. The molecule has 31 heavy (non-hydrogen) atoms. The topological polar surface area (TPSA) is 47.9 Å². The van der Waals surface area contributed by atoms with Crippen LogP contribution in [0.4, 0.5) is 4.39 Å². The van der Waals surface area contributed by atoms with Crippen molar-refractivity contribution in [1.29, 1.82) is 0 Å². The summed E-state index contributed by atoms with van der Waals surface area (Å²) in [7, 11) is 1.53. The Labute approximate surface area is 197 Å². The summed E-state index contributed by atoms with van der Waals surface area (Å²) in [6.07, 6.45) is 1.54. The van der Waals surface area contributed by atoms with E-state index in [1.165, 1.54) is 13.2 Å². The van der Waals surface area contributed by atoms with Gasteiger partial charge in [-0.1, -0.05) is 75.5 Å². The minimum absolute atomic E-state index is 0.110. The van der Waals surface area contributed by atoms with Gasteiger partial charge >= 0.3 is 0 Å². The maximum Gasteiger partial charge on any atom is 0.161 e. The summed E-state index contributed by atoms with van der Waals surface area (Å²) in [5.74, 6) is 0.0848. The number of hydrogen-bond donors (Lipinski definition) is 0. The lowest BCUT2D eigenvalue weighted by molar-refractivity contribution is 0.413. The quantitative estimate of drug-likeness (QED) is 0.261. The molecule has 4 nitrogen and oxygen atoms in total. The van der Waals surface area contributed by atoms with Crippen LogP contribution in [0.15, 0.2) is 60.8 Å². The molecule has 0 aliphatic rings. The molecule has 0 fully saturated rings. The Morgan fingerprint density at radius 2 is 1.71 bits per heavy atom. The lowest BCUT2D eigenvalue weighted by Gasteiger charge is -2.17. The van der Waals surface area contributed by atoms with Crippen LogP contribution in [0.2, 0.25) is 10.2 Å². The third-order valence-corrected chi connectivity index (χ3v) is 5.95. The number of nitrogens with zero attached hydrogens (tertiary/aromatic N) is 3. The fourth-order valence-corrected chi connectivity index (χ4v) is 4.08. The zero-order chi connectivity index (χ0) is 22.0. The van der Waals surface area contributed by atoms with Gasteiger partial charge in [0.1, 0.15) is 17.3 Å². The molecular formula is C23H15BrCl2FN3O. The second kappa shape index (κ2) is 9.30. The normalized spacial score (nSPS) is 10.9. The van der Waals surface area contributed by atoms with E-state index in [2.05, 4.69) is 31.1 Å². The minimum Gasteiger partial charge on any atom is -0.495 e. The van der Waals surface area contributed by atoms with Gasteiger partial charge in [-0.25, -0.2) is 4.39 Å². The fraction of sp³-hybridized carbons (Fsp3) is 0.0870. The van der Waals surface area contributed by atoms with E-state index in [1.54, 1.807) is 30.5 Å². The highest BCUT2D eigenvalue weighted by atomic mass is 79.9. The molecule has 0 bridgehead atoms. The van der Waals surface area contributed by atoms with Gasteiger partial charge in [0, 0.05) is 22.5 Å². The van der Waals surface area contributed by atoms with E-state index >= 15 is 0 Å². The summed E-state index contributed by atoms with van der Waals surface area (Å²) in [6, 6.07) is 15.8. The molecule has 4 aromatic rings. The van der Waals surface area contributed by atoms with Gasteiger partial charge in [-0.15, -0.1) is 10.2 Å². The molecule has 0 N–H and O–H groups in total. The van der Waals surface area contributed by atoms with Crippen LogP contribution in [0.3, 0.4) is 0 Å². The molecule has 8 heteroatoms. The fourth-order valence-electron chi connectivity index (χ4n) is 3.23. The van der Waals surface area contributed by atoms with Crippen molar-refractivity contribution in [2.24, 2.45) is 0 Å². The van der Waals surface area contributed by atoms with Crippen molar-refractivity contribution in [3.63, 3.8) is 0 Å². The molecule has 0 saturated carbocycles. The molecule has 0 spiro atoms. The van der Waals surface area contributed by atoms with Crippen LogP contribution in [0, 0.1) is 5.82 Å². The third-order valence-electron chi connectivity index (χ3n) is 4.75. The van der Waals surface area contributed by atoms with Crippen molar-refractivity contribution < 1.29 is 9.13 Å². The molecule has 0 aliphatic carbocycles. The summed E-state index contributed by atoms with van der Waals surface area (Å²) >= 11 is 16.5. The maximum atomic E-state index is 14.7. The summed E-state index contributed by atoms with van der Waals surface area (Å²) < 4.78 is 19.9. The minimum atomic E-state index is -0.419. The maximum absolute atomic E-state index is 14.7. The molecule has 2 aromatic carbocycles. The highest BCUT2D eigenvalue weighted by Gasteiger charge is 2.24. The average Bonchev–Trinajstić information content (AvgIpc) is 2.80. The van der Waals surface area contributed by atoms with Gasteiger partial charge in [0.25, 0.3) is 0 Å². The van der Waals surface area contributed by atoms with Gasteiger partial charge in [0.2, 0.25) is 0 Å². The number of rotatable bonds is 5. The molecule has 0 amide bonds. The van der Waals surface area contributed by atoms with Crippen LogP contribution >= 0.6 is 39.1 Å². The highest BCUT2D eigenvalue weighted by molar-refractivity contribution is 9.08. The van der Waals surface area contributed by atoms with Gasteiger partial charge in [-0.3, -0.25) is 4.98 Å². The summed E-state index contributed by atoms with van der Waals surface area (Å²) in [6.45, 7) is 0. The van der Waals surface area contributed by atoms with E-state index in [-0.39, 0.29) is 5.15 Å². The van der Waals surface area contributed by atoms with E-state index in [4.69, 9.17) is 27.9 Å². The number of pyridine rings is 1. The molecule has 2 aromatic heterocycles.